The van der Waals surface area contributed by atoms with Crippen LogP contribution in [0.1, 0.15) is 36.7 Å². The Morgan fingerprint density at radius 3 is 2.55 bits per heavy atom. The standard InChI is InChI=1S/C25H26N4O2/c1-3-4-10-15-26-25(30)22-16-21(19-13-8-9-14-23(19)31-2)27-24-17-20(28-29(22)24)18-11-6-5-7-12-18/h5-9,11-14,16-17H,3-4,10,15H2,1-2H3,(H,26,30). The highest BCUT2D eigenvalue weighted by atomic mass is 16.5. The number of rotatable bonds is 8. The summed E-state index contributed by atoms with van der Waals surface area (Å²) in [4.78, 5) is 17.9. The number of hydrogen-bond acceptors (Lipinski definition) is 4. The SMILES string of the molecule is CCCCCNC(=O)c1cc(-c2ccccc2OC)nc2cc(-c3ccccc3)nn12. The second-order valence-corrected chi connectivity index (χ2v) is 7.36. The Labute approximate surface area is 181 Å². The third kappa shape index (κ3) is 4.43. The van der Waals surface area contributed by atoms with Crippen molar-refractivity contribution in [3.8, 4) is 28.3 Å². The van der Waals surface area contributed by atoms with Crippen LogP contribution in [-0.2, 0) is 0 Å². The van der Waals surface area contributed by atoms with E-state index in [1.165, 1.54) is 0 Å². The van der Waals surface area contributed by atoms with Gasteiger partial charge in [0.15, 0.2) is 5.65 Å². The Morgan fingerprint density at radius 1 is 1.00 bits per heavy atom. The third-order valence-corrected chi connectivity index (χ3v) is 5.18. The Hall–Kier alpha value is -3.67. The van der Waals surface area contributed by atoms with Gasteiger partial charge in [0.2, 0.25) is 0 Å². The molecule has 2 aromatic heterocycles. The summed E-state index contributed by atoms with van der Waals surface area (Å²) in [6.07, 6.45) is 3.13. The van der Waals surface area contributed by atoms with Gasteiger partial charge < -0.3 is 10.1 Å². The molecule has 31 heavy (non-hydrogen) atoms. The fourth-order valence-electron chi connectivity index (χ4n) is 3.55. The number of unbranched alkanes of at least 4 members (excludes halogenated alkanes) is 2. The predicted molar refractivity (Wildman–Crippen MR) is 122 cm³/mol. The quantitative estimate of drug-likeness (QED) is 0.412. The minimum atomic E-state index is -0.164. The number of carbonyl (C=O) groups excluding carboxylic acids is 1. The number of amides is 1. The molecule has 0 aliphatic rings. The molecule has 0 atom stereocenters. The van der Waals surface area contributed by atoms with Crippen LogP contribution in [0.15, 0.2) is 66.7 Å². The van der Waals surface area contributed by atoms with E-state index in [0.29, 0.717) is 29.3 Å². The number of nitrogens with zero attached hydrogens (tertiary/aromatic N) is 3. The lowest BCUT2D eigenvalue weighted by atomic mass is 10.1. The Balaban J connectivity index is 1.81. The first kappa shape index (κ1) is 20.6. The fourth-order valence-corrected chi connectivity index (χ4v) is 3.55. The Morgan fingerprint density at radius 2 is 1.77 bits per heavy atom. The molecule has 158 valence electrons. The summed E-state index contributed by atoms with van der Waals surface area (Å²) in [5, 5.41) is 7.71. The van der Waals surface area contributed by atoms with Gasteiger partial charge in [-0.15, -0.1) is 0 Å². The number of carbonyl (C=O) groups is 1. The molecule has 0 saturated heterocycles. The van der Waals surface area contributed by atoms with Crippen molar-refractivity contribution in [1.82, 2.24) is 19.9 Å². The highest BCUT2D eigenvalue weighted by molar-refractivity contribution is 5.94. The average molecular weight is 415 g/mol. The summed E-state index contributed by atoms with van der Waals surface area (Å²) < 4.78 is 7.14. The smallest absolute Gasteiger partial charge is 0.270 e. The molecule has 0 aliphatic carbocycles. The maximum absolute atomic E-state index is 13.1. The molecule has 6 nitrogen and oxygen atoms in total. The van der Waals surface area contributed by atoms with Crippen LogP contribution >= 0.6 is 0 Å². The second-order valence-electron chi connectivity index (χ2n) is 7.36. The van der Waals surface area contributed by atoms with Gasteiger partial charge in [0.25, 0.3) is 5.91 Å². The maximum Gasteiger partial charge on any atom is 0.270 e. The Kier molecular flexibility index (Phi) is 6.26. The number of fused-ring (bicyclic) bond motifs is 1. The predicted octanol–water partition coefficient (Wildman–Crippen LogP) is 4.99. The van der Waals surface area contributed by atoms with E-state index in [1.807, 2.05) is 60.7 Å². The van der Waals surface area contributed by atoms with Crippen LogP contribution in [0.25, 0.3) is 28.2 Å². The minimum Gasteiger partial charge on any atom is -0.496 e. The lowest BCUT2D eigenvalue weighted by Crippen LogP contribution is -2.27. The number of hydrogen-bond donors (Lipinski definition) is 1. The average Bonchev–Trinajstić information content (AvgIpc) is 3.26. The molecule has 0 saturated carbocycles. The van der Waals surface area contributed by atoms with Gasteiger partial charge in [-0.05, 0) is 24.6 Å². The molecule has 0 unspecified atom stereocenters. The van der Waals surface area contributed by atoms with E-state index >= 15 is 0 Å². The summed E-state index contributed by atoms with van der Waals surface area (Å²) in [5.74, 6) is 0.541. The van der Waals surface area contributed by atoms with E-state index in [-0.39, 0.29) is 5.91 Å². The first-order valence-electron chi connectivity index (χ1n) is 10.6. The zero-order valence-electron chi connectivity index (χ0n) is 17.8. The van der Waals surface area contributed by atoms with Crippen molar-refractivity contribution in [3.63, 3.8) is 0 Å². The number of ether oxygens (including phenoxy) is 1. The normalized spacial score (nSPS) is 10.9. The summed E-state index contributed by atoms with van der Waals surface area (Å²) in [5.41, 5.74) is 4.30. The van der Waals surface area contributed by atoms with Crippen LogP contribution in [0.3, 0.4) is 0 Å². The van der Waals surface area contributed by atoms with E-state index in [4.69, 9.17) is 9.72 Å². The number of methoxy groups -OCH3 is 1. The van der Waals surface area contributed by atoms with Gasteiger partial charge >= 0.3 is 0 Å². The molecule has 4 rings (SSSR count). The van der Waals surface area contributed by atoms with E-state index in [1.54, 1.807) is 17.7 Å². The molecule has 0 aliphatic heterocycles. The van der Waals surface area contributed by atoms with Crippen molar-refractivity contribution >= 4 is 11.6 Å². The van der Waals surface area contributed by atoms with E-state index in [2.05, 4.69) is 17.3 Å². The monoisotopic (exact) mass is 414 g/mol. The molecule has 0 spiro atoms. The molecule has 2 heterocycles. The molecular weight excluding hydrogens is 388 g/mol. The van der Waals surface area contributed by atoms with Gasteiger partial charge in [0, 0.05) is 23.7 Å². The van der Waals surface area contributed by atoms with E-state index in [0.717, 1.165) is 36.1 Å². The van der Waals surface area contributed by atoms with Crippen molar-refractivity contribution < 1.29 is 9.53 Å². The molecule has 4 aromatic rings. The van der Waals surface area contributed by atoms with Crippen molar-refractivity contribution in [2.75, 3.05) is 13.7 Å². The molecule has 1 amide bonds. The van der Waals surface area contributed by atoms with Crippen molar-refractivity contribution in [2.24, 2.45) is 0 Å². The fraction of sp³-hybridized carbons (Fsp3) is 0.240. The number of para-hydroxylation sites is 1. The number of benzene rings is 2. The first-order chi connectivity index (χ1) is 15.2. The van der Waals surface area contributed by atoms with Crippen molar-refractivity contribution in [1.29, 1.82) is 0 Å². The van der Waals surface area contributed by atoms with E-state index in [9.17, 15) is 4.79 Å². The zero-order valence-corrected chi connectivity index (χ0v) is 17.8. The lowest BCUT2D eigenvalue weighted by Gasteiger charge is -2.11. The Bertz CT molecular complexity index is 1180. The van der Waals surface area contributed by atoms with Crippen LogP contribution in [-0.4, -0.2) is 34.2 Å². The van der Waals surface area contributed by atoms with Crippen molar-refractivity contribution in [2.45, 2.75) is 26.2 Å². The topological polar surface area (TPSA) is 68.5 Å². The van der Waals surface area contributed by atoms with Gasteiger partial charge in [0.05, 0.1) is 18.5 Å². The maximum atomic E-state index is 13.1. The van der Waals surface area contributed by atoms with Crippen LogP contribution in [0.4, 0.5) is 0 Å². The zero-order chi connectivity index (χ0) is 21.6. The van der Waals surface area contributed by atoms with Gasteiger partial charge in [-0.2, -0.15) is 5.10 Å². The summed E-state index contributed by atoms with van der Waals surface area (Å²) in [6.45, 7) is 2.77. The first-order valence-corrected chi connectivity index (χ1v) is 10.6. The van der Waals surface area contributed by atoms with Gasteiger partial charge in [0.1, 0.15) is 11.4 Å². The highest BCUT2D eigenvalue weighted by Gasteiger charge is 2.18. The van der Waals surface area contributed by atoms with E-state index < -0.39 is 0 Å². The molecule has 2 aromatic carbocycles. The molecule has 6 heteroatoms. The van der Waals surface area contributed by atoms with Gasteiger partial charge in [-0.1, -0.05) is 62.2 Å². The third-order valence-electron chi connectivity index (χ3n) is 5.18. The second kappa shape index (κ2) is 9.43. The molecule has 0 bridgehead atoms. The van der Waals surface area contributed by atoms with Crippen LogP contribution in [0, 0.1) is 0 Å². The summed E-state index contributed by atoms with van der Waals surface area (Å²) in [7, 11) is 1.63. The van der Waals surface area contributed by atoms with Gasteiger partial charge in [-0.3, -0.25) is 4.79 Å². The molecule has 1 N–H and O–H groups in total. The largest absolute Gasteiger partial charge is 0.496 e. The lowest BCUT2D eigenvalue weighted by molar-refractivity contribution is 0.0945. The molecule has 0 fully saturated rings. The van der Waals surface area contributed by atoms with Crippen LogP contribution in [0.2, 0.25) is 0 Å². The van der Waals surface area contributed by atoms with Gasteiger partial charge in [-0.25, -0.2) is 9.50 Å². The van der Waals surface area contributed by atoms with Crippen LogP contribution < -0.4 is 10.1 Å². The van der Waals surface area contributed by atoms with Crippen molar-refractivity contribution in [3.05, 3.63) is 72.4 Å². The minimum absolute atomic E-state index is 0.164. The highest BCUT2D eigenvalue weighted by Crippen LogP contribution is 2.30. The summed E-state index contributed by atoms with van der Waals surface area (Å²) >= 11 is 0. The molecule has 0 radical (unpaired) electrons. The number of nitrogens with one attached hydrogen (secondary N) is 1. The van der Waals surface area contributed by atoms with Crippen LogP contribution in [0.5, 0.6) is 5.75 Å². The summed E-state index contributed by atoms with van der Waals surface area (Å²) in [6, 6.07) is 21.2. The molecular formula is C25H26N4O2. The number of aromatic nitrogens is 3.